The zero-order valence-electron chi connectivity index (χ0n) is 22.3. The van der Waals surface area contributed by atoms with Gasteiger partial charge >= 0.3 is 0 Å². The average molecular weight is 521 g/mol. The smallest absolute Gasteiger partial charge is 0.186 e. The highest BCUT2D eigenvalue weighted by molar-refractivity contribution is 7.18. The molecule has 0 radical (unpaired) electrons. The monoisotopic (exact) mass is 520 g/mol. The summed E-state index contributed by atoms with van der Waals surface area (Å²) in [5, 5.41) is 1.02. The van der Waals surface area contributed by atoms with Crippen molar-refractivity contribution in [2.24, 2.45) is 5.92 Å². The van der Waals surface area contributed by atoms with Crippen molar-refractivity contribution in [1.82, 2.24) is 9.88 Å². The van der Waals surface area contributed by atoms with Crippen LogP contribution in [0.3, 0.4) is 0 Å². The number of anilines is 2. The molecule has 2 atom stereocenters. The predicted molar refractivity (Wildman–Crippen MR) is 151 cm³/mol. The van der Waals surface area contributed by atoms with Crippen molar-refractivity contribution in [2.75, 3.05) is 36.5 Å². The number of nitrogens with zero attached hydrogens (tertiary/aromatic N) is 4. The molecule has 1 aromatic heterocycles. The lowest BCUT2D eigenvalue weighted by Crippen LogP contribution is -2.53. The fourth-order valence-electron chi connectivity index (χ4n) is 5.92. The first-order valence-electron chi connectivity index (χ1n) is 13.3. The number of hydrogen-bond acceptors (Lipinski definition) is 6. The Morgan fingerprint density at radius 2 is 2.05 bits per heavy atom. The maximum atomic E-state index is 13.8. The van der Waals surface area contributed by atoms with Crippen LogP contribution in [0.2, 0.25) is 0 Å². The molecule has 196 valence electrons. The quantitative estimate of drug-likeness (QED) is 0.360. The normalized spacial score (nSPS) is 20.4. The summed E-state index contributed by atoms with van der Waals surface area (Å²) < 4.78 is 13.8. The van der Waals surface area contributed by atoms with Gasteiger partial charge in [-0.15, -0.1) is 0 Å². The third-order valence-corrected chi connectivity index (χ3v) is 8.88. The van der Waals surface area contributed by atoms with Crippen molar-refractivity contribution in [2.45, 2.75) is 58.7 Å². The molecule has 0 spiro atoms. The lowest BCUT2D eigenvalue weighted by atomic mass is 9.91. The van der Waals surface area contributed by atoms with Crippen LogP contribution in [-0.4, -0.2) is 54.9 Å². The third kappa shape index (κ3) is 5.58. The fourth-order valence-corrected chi connectivity index (χ4v) is 6.93. The second-order valence-corrected chi connectivity index (χ2v) is 12.0. The molecule has 3 heterocycles. The van der Waals surface area contributed by atoms with Crippen molar-refractivity contribution < 1.29 is 9.18 Å². The highest BCUT2D eigenvalue weighted by Gasteiger charge is 2.30. The Morgan fingerprint density at radius 1 is 1.22 bits per heavy atom. The third-order valence-electron chi connectivity index (χ3n) is 7.80. The number of halogens is 1. The number of likely N-dealkylation sites (N-methyl/N-ethyl adjacent to an activating group) is 1. The van der Waals surface area contributed by atoms with E-state index in [2.05, 4.69) is 47.6 Å². The summed E-state index contributed by atoms with van der Waals surface area (Å²) in [5.41, 5.74) is 6.11. The Labute approximate surface area is 223 Å². The maximum absolute atomic E-state index is 13.8. The van der Waals surface area contributed by atoms with E-state index >= 15 is 0 Å². The summed E-state index contributed by atoms with van der Waals surface area (Å²) in [6, 6.07) is 11.7. The standard InChI is InChI=1S/C30H37FN4OS/c1-20(2)12-26-18-34(17-22-13-21(3)27-9-8-25(19-36)33(4)28(27)14-22)10-11-35(26)30-32-16-29(37-30)23-6-5-7-24(31)15-23/h5-7,13-16,19-20,25-26H,8-12,17-18H2,1-4H3/t25?,26-/m1/s1. The number of carbonyl (C=O) groups is 1. The van der Waals surface area contributed by atoms with Crippen LogP contribution < -0.4 is 9.80 Å². The molecule has 7 heteroatoms. The predicted octanol–water partition coefficient (Wildman–Crippen LogP) is 5.94. The van der Waals surface area contributed by atoms with Crippen LogP contribution in [0.4, 0.5) is 15.2 Å². The zero-order chi connectivity index (χ0) is 26.1. The van der Waals surface area contributed by atoms with Gasteiger partial charge in [0.25, 0.3) is 0 Å². The number of hydrogen-bond donors (Lipinski definition) is 0. The van der Waals surface area contributed by atoms with Crippen LogP contribution in [0.15, 0.2) is 42.6 Å². The number of piperazine rings is 1. The topological polar surface area (TPSA) is 39.7 Å². The van der Waals surface area contributed by atoms with Crippen LogP contribution in [0.5, 0.6) is 0 Å². The summed E-state index contributed by atoms with van der Waals surface area (Å²) in [6.45, 7) is 10.5. The van der Waals surface area contributed by atoms with Gasteiger partial charge in [-0.1, -0.05) is 43.4 Å². The molecule has 1 unspecified atom stereocenters. The average Bonchev–Trinajstić information content (AvgIpc) is 3.35. The minimum Gasteiger partial charge on any atom is -0.365 e. The minimum absolute atomic E-state index is 0.0308. The molecule has 2 aliphatic heterocycles. The van der Waals surface area contributed by atoms with Gasteiger partial charge in [-0.3, -0.25) is 4.90 Å². The number of thiazole rings is 1. The van der Waals surface area contributed by atoms with E-state index in [1.54, 1.807) is 23.5 Å². The number of aryl methyl sites for hydroxylation is 1. The van der Waals surface area contributed by atoms with Crippen molar-refractivity contribution in [1.29, 1.82) is 0 Å². The van der Waals surface area contributed by atoms with Crippen LogP contribution in [-0.2, 0) is 17.8 Å². The Kier molecular flexibility index (Phi) is 7.63. The van der Waals surface area contributed by atoms with Crippen LogP contribution in [0.25, 0.3) is 10.4 Å². The van der Waals surface area contributed by atoms with E-state index in [0.29, 0.717) is 12.0 Å². The Morgan fingerprint density at radius 3 is 2.81 bits per heavy atom. The Hall–Kier alpha value is -2.77. The van der Waals surface area contributed by atoms with E-state index in [0.717, 1.165) is 67.3 Å². The number of benzene rings is 2. The second kappa shape index (κ2) is 10.9. The van der Waals surface area contributed by atoms with Gasteiger partial charge < -0.3 is 14.6 Å². The molecule has 5 nitrogen and oxygen atoms in total. The minimum atomic E-state index is -0.218. The van der Waals surface area contributed by atoms with Gasteiger partial charge in [0, 0.05) is 51.2 Å². The molecule has 1 fully saturated rings. The molecular formula is C30H37FN4OS. The van der Waals surface area contributed by atoms with E-state index in [4.69, 9.17) is 4.98 Å². The van der Waals surface area contributed by atoms with E-state index in [1.807, 2.05) is 19.3 Å². The van der Waals surface area contributed by atoms with Crippen molar-refractivity contribution in [3.8, 4) is 10.4 Å². The summed E-state index contributed by atoms with van der Waals surface area (Å²) in [4.78, 5) is 24.5. The first kappa shape index (κ1) is 25.9. The first-order chi connectivity index (χ1) is 17.8. The van der Waals surface area contributed by atoms with Gasteiger partial charge in [-0.25, -0.2) is 9.37 Å². The van der Waals surface area contributed by atoms with Gasteiger partial charge in [0.15, 0.2) is 5.13 Å². The van der Waals surface area contributed by atoms with Gasteiger partial charge in [0.05, 0.1) is 10.9 Å². The molecule has 0 aliphatic carbocycles. The molecule has 37 heavy (non-hydrogen) atoms. The SMILES string of the molecule is Cc1cc(CN2CCN(c3ncc(-c4cccc(F)c4)s3)[C@H](CC(C)C)C2)cc2c1CCC(C=O)N2C. The van der Waals surface area contributed by atoms with Gasteiger partial charge in [-0.05, 0) is 72.6 Å². The van der Waals surface area contributed by atoms with Crippen molar-refractivity contribution in [3.05, 3.63) is 65.1 Å². The van der Waals surface area contributed by atoms with Crippen molar-refractivity contribution >= 4 is 28.4 Å². The molecule has 2 aliphatic rings. The number of aromatic nitrogens is 1. The maximum Gasteiger partial charge on any atom is 0.186 e. The molecule has 0 saturated carbocycles. The molecule has 3 aromatic rings. The van der Waals surface area contributed by atoms with E-state index in [-0.39, 0.29) is 11.9 Å². The summed E-state index contributed by atoms with van der Waals surface area (Å²) >= 11 is 1.65. The summed E-state index contributed by atoms with van der Waals surface area (Å²) in [6.07, 6.45) is 5.92. The van der Waals surface area contributed by atoms with Crippen LogP contribution in [0, 0.1) is 18.7 Å². The number of carbonyl (C=O) groups excluding carboxylic acids is 1. The van der Waals surface area contributed by atoms with Crippen molar-refractivity contribution in [3.63, 3.8) is 0 Å². The van der Waals surface area contributed by atoms with E-state index in [9.17, 15) is 9.18 Å². The molecule has 0 N–H and O–H groups in total. The summed E-state index contributed by atoms with van der Waals surface area (Å²) in [7, 11) is 2.05. The highest BCUT2D eigenvalue weighted by atomic mass is 32.1. The lowest BCUT2D eigenvalue weighted by molar-refractivity contribution is -0.109. The van der Waals surface area contributed by atoms with Gasteiger partial charge in [-0.2, -0.15) is 0 Å². The molecule has 1 saturated heterocycles. The molecule has 5 rings (SSSR count). The van der Waals surface area contributed by atoms with E-state index in [1.165, 1.54) is 28.4 Å². The number of aldehydes is 1. The largest absolute Gasteiger partial charge is 0.365 e. The molecule has 0 amide bonds. The molecule has 2 aromatic carbocycles. The molecular weight excluding hydrogens is 483 g/mol. The molecule has 0 bridgehead atoms. The zero-order valence-corrected chi connectivity index (χ0v) is 23.1. The fraction of sp³-hybridized carbons (Fsp3) is 0.467. The first-order valence-corrected chi connectivity index (χ1v) is 14.1. The number of rotatable bonds is 7. The Balaban J connectivity index is 1.33. The van der Waals surface area contributed by atoms with Crippen LogP contribution in [0.1, 0.15) is 43.4 Å². The Bertz CT molecular complexity index is 1260. The number of fused-ring (bicyclic) bond motifs is 1. The van der Waals surface area contributed by atoms with Gasteiger partial charge in [0.1, 0.15) is 12.1 Å². The summed E-state index contributed by atoms with van der Waals surface area (Å²) in [5.74, 6) is 0.360. The van der Waals surface area contributed by atoms with Crippen LogP contribution >= 0.6 is 11.3 Å². The second-order valence-electron chi connectivity index (χ2n) is 11.0. The van der Waals surface area contributed by atoms with E-state index < -0.39 is 0 Å². The lowest BCUT2D eigenvalue weighted by Gasteiger charge is -2.42. The van der Waals surface area contributed by atoms with Gasteiger partial charge in [0.2, 0.25) is 0 Å². The highest BCUT2D eigenvalue weighted by Crippen LogP contribution is 2.36.